The SMILES string of the molecule is CN=C(NC(=O)OC(C)(C)C)C(C)(C)S(=N)(=O)Cc1cc(C)ccc1F. The van der Waals surface area contributed by atoms with E-state index in [4.69, 9.17) is 9.52 Å². The Morgan fingerprint density at radius 2 is 1.88 bits per heavy atom. The van der Waals surface area contributed by atoms with Crippen molar-refractivity contribution in [2.24, 2.45) is 4.99 Å². The van der Waals surface area contributed by atoms with E-state index in [0.717, 1.165) is 5.56 Å². The largest absolute Gasteiger partial charge is 0.444 e. The summed E-state index contributed by atoms with van der Waals surface area (Å²) < 4.78 is 39.4. The molecule has 0 heterocycles. The van der Waals surface area contributed by atoms with Gasteiger partial charge in [-0.25, -0.2) is 13.4 Å². The molecule has 2 N–H and O–H groups in total. The van der Waals surface area contributed by atoms with Crippen molar-refractivity contribution in [2.45, 2.75) is 57.6 Å². The molecule has 1 atom stereocenters. The smallest absolute Gasteiger partial charge is 0.413 e. The van der Waals surface area contributed by atoms with Gasteiger partial charge in [0.25, 0.3) is 0 Å². The van der Waals surface area contributed by atoms with Gasteiger partial charge in [0.15, 0.2) is 0 Å². The van der Waals surface area contributed by atoms with Crippen LogP contribution in [0.25, 0.3) is 0 Å². The number of carbonyl (C=O) groups excluding carboxylic acids is 1. The van der Waals surface area contributed by atoms with Gasteiger partial charge < -0.3 is 4.74 Å². The third-order valence-corrected chi connectivity index (χ3v) is 6.36. The topological polar surface area (TPSA) is 91.6 Å². The molecule has 6 nitrogen and oxygen atoms in total. The molecule has 1 rings (SSSR count). The fourth-order valence-electron chi connectivity index (χ4n) is 2.25. The van der Waals surface area contributed by atoms with Crippen molar-refractivity contribution in [2.75, 3.05) is 7.05 Å². The maximum absolute atomic E-state index is 14.0. The van der Waals surface area contributed by atoms with E-state index < -0.39 is 32.0 Å². The molecule has 1 amide bonds. The first-order valence-electron chi connectivity index (χ1n) is 8.18. The van der Waals surface area contributed by atoms with Crippen LogP contribution in [0.5, 0.6) is 0 Å². The number of carbonyl (C=O) groups is 1. The Kier molecular flexibility index (Phi) is 6.57. The van der Waals surface area contributed by atoms with Gasteiger partial charge in [-0.15, -0.1) is 0 Å². The number of benzene rings is 1. The Hall–Kier alpha value is -1.96. The van der Waals surface area contributed by atoms with Gasteiger partial charge in [0.05, 0.1) is 15.5 Å². The third kappa shape index (κ3) is 5.52. The van der Waals surface area contributed by atoms with E-state index in [-0.39, 0.29) is 17.2 Å². The predicted molar refractivity (Wildman–Crippen MR) is 103 cm³/mol. The molecule has 0 spiro atoms. The fraction of sp³-hybridized carbons (Fsp3) is 0.556. The lowest BCUT2D eigenvalue weighted by molar-refractivity contribution is 0.0561. The molecule has 0 aliphatic rings. The lowest BCUT2D eigenvalue weighted by Gasteiger charge is -2.30. The molecular weight excluding hydrogens is 357 g/mol. The second-order valence-corrected chi connectivity index (χ2v) is 10.3. The highest BCUT2D eigenvalue weighted by atomic mass is 32.2. The average molecular weight is 386 g/mol. The molecule has 0 aliphatic carbocycles. The van der Waals surface area contributed by atoms with Crippen LogP contribution < -0.4 is 5.32 Å². The Labute approximate surface area is 155 Å². The summed E-state index contributed by atoms with van der Waals surface area (Å²) in [6.45, 7) is 10.0. The molecule has 1 unspecified atom stereocenters. The summed E-state index contributed by atoms with van der Waals surface area (Å²) in [5.41, 5.74) is 0.302. The van der Waals surface area contributed by atoms with Gasteiger partial charge in [0.2, 0.25) is 0 Å². The van der Waals surface area contributed by atoms with Gasteiger partial charge in [-0.2, -0.15) is 0 Å². The molecule has 0 saturated heterocycles. The van der Waals surface area contributed by atoms with Crippen LogP contribution in [0.3, 0.4) is 0 Å². The Morgan fingerprint density at radius 1 is 1.31 bits per heavy atom. The van der Waals surface area contributed by atoms with Gasteiger partial charge in [-0.05, 0) is 47.6 Å². The third-order valence-electron chi connectivity index (χ3n) is 3.80. The number of amides is 1. The van der Waals surface area contributed by atoms with Crippen LogP contribution in [0.2, 0.25) is 0 Å². The van der Waals surface area contributed by atoms with Crippen LogP contribution in [-0.2, 0) is 20.2 Å². The molecule has 0 aromatic heterocycles. The predicted octanol–water partition coefficient (Wildman–Crippen LogP) is 4.01. The molecule has 1 aromatic carbocycles. The summed E-state index contributed by atoms with van der Waals surface area (Å²) >= 11 is 0. The summed E-state index contributed by atoms with van der Waals surface area (Å²) in [6.07, 6.45) is -0.747. The van der Waals surface area contributed by atoms with E-state index in [1.54, 1.807) is 39.8 Å². The number of halogens is 1. The van der Waals surface area contributed by atoms with E-state index >= 15 is 0 Å². The van der Waals surface area contributed by atoms with Crippen molar-refractivity contribution >= 4 is 21.7 Å². The zero-order chi connectivity index (χ0) is 20.3. The quantitative estimate of drug-likeness (QED) is 0.606. The number of amidine groups is 1. The number of ether oxygens (including phenoxy) is 1. The van der Waals surface area contributed by atoms with E-state index in [1.165, 1.54) is 27.0 Å². The summed E-state index contributed by atoms with van der Waals surface area (Å²) in [6, 6.07) is 4.48. The van der Waals surface area contributed by atoms with Gasteiger partial charge in [0, 0.05) is 12.6 Å². The molecule has 146 valence electrons. The minimum Gasteiger partial charge on any atom is -0.444 e. The van der Waals surface area contributed by atoms with Crippen molar-refractivity contribution < 1.29 is 18.1 Å². The molecule has 1 aromatic rings. The minimum absolute atomic E-state index is 0.0554. The Bertz CT molecular complexity index is 809. The summed E-state index contributed by atoms with van der Waals surface area (Å²) in [5, 5.41) is 2.48. The minimum atomic E-state index is -3.39. The maximum Gasteiger partial charge on any atom is 0.413 e. The molecule has 0 bridgehead atoms. The second-order valence-electron chi connectivity index (χ2n) is 7.62. The zero-order valence-electron chi connectivity index (χ0n) is 16.4. The number of alkyl carbamates (subject to hydrolysis) is 1. The molecular formula is C18H28FN3O3S. The van der Waals surface area contributed by atoms with Crippen molar-refractivity contribution in [3.05, 3.63) is 35.1 Å². The average Bonchev–Trinajstić information content (AvgIpc) is 2.46. The first kappa shape index (κ1) is 22.1. The molecule has 26 heavy (non-hydrogen) atoms. The first-order valence-corrected chi connectivity index (χ1v) is 9.90. The van der Waals surface area contributed by atoms with E-state index in [0.29, 0.717) is 0 Å². The van der Waals surface area contributed by atoms with Crippen molar-refractivity contribution in [1.29, 1.82) is 4.78 Å². The lowest BCUT2D eigenvalue weighted by Crippen LogP contribution is -2.51. The van der Waals surface area contributed by atoms with E-state index in [2.05, 4.69) is 10.3 Å². The van der Waals surface area contributed by atoms with Crippen LogP contribution in [0.1, 0.15) is 45.7 Å². The second kappa shape index (κ2) is 7.73. The number of nitrogens with zero attached hydrogens (tertiary/aromatic N) is 1. The van der Waals surface area contributed by atoms with Crippen LogP contribution in [0, 0.1) is 17.5 Å². The number of aliphatic imine (C=N–C) groups is 1. The summed E-state index contributed by atoms with van der Waals surface area (Å²) in [4.78, 5) is 16.0. The highest BCUT2D eigenvalue weighted by molar-refractivity contribution is 7.93. The van der Waals surface area contributed by atoms with Gasteiger partial charge in [-0.1, -0.05) is 17.7 Å². The van der Waals surface area contributed by atoms with Crippen molar-refractivity contribution in [3.63, 3.8) is 0 Å². The lowest BCUT2D eigenvalue weighted by atomic mass is 10.1. The normalized spacial score (nSPS) is 15.3. The standard InChI is InChI=1S/C18H28FN3O3S/c1-12-8-9-14(19)13(10-12)11-26(20,24)18(5,6)15(21-7)22-16(23)25-17(2,3)4/h8-10,20H,11H2,1-7H3,(H,21,22,23). The monoisotopic (exact) mass is 385 g/mol. The molecule has 0 saturated carbocycles. The number of hydrogen-bond donors (Lipinski definition) is 2. The molecule has 0 aliphatic heterocycles. The number of aryl methyl sites for hydroxylation is 1. The van der Waals surface area contributed by atoms with Gasteiger partial charge in [-0.3, -0.25) is 15.1 Å². The molecule has 8 heteroatoms. The van der Waals surface area contributed by atoms with Crippen LogP contribution >= 0.6 is 0 Å². The number of hydrogen-bond acceptors (Lipinski definition) is 5. The fourth-order valence-corrected chi connectivity index (χ4v) is 3.72. The Morgan fingerprint density at radius 3 is 2.38 bits per heavy atom. The molecule has 0 fully saturated rings. The van der Waals surface area contributed by atoms with Crippen LogP contribution in [0.4, 0.5) is 9.18 Å². The van der Waals surface area contributed by atoms with E-state index in [1.807, 2.05) is 0 Å². The van der Waals surface area contributed by atoms with Gasteiger partial charge >= 0.3 is 6.09 Å². The van der Waals surface area contributed by atoms with Crippen LogP contribution in [-0.4, -0.2) is 33.5 Å². The Balaban J connectivity index is 3.11. The molecule has 0 radical (unpaired) electrons. The first-order chi connectivity index (χ1) is 11.7. The zero-order valence-corrected chi connectivity index (χ0v) is 17.2. The highest BCUT2D eigenvalue weighted by Crippen LogP contribution is 2.25. The summed E-state index contributed by atoms with van der Waals surface area (Å²) in [7, 11) is -1.97. The maximum atomic E-state index is 14.0. The van der Waals surface area contributed by atoms with Gasteiger partial charge in [0.1, 0.15) is 22.0 Å². The number of rotatable bonds is 4. The van der Waals surface area contributed by atoms with Crippen molar-refractivity contribution in [1.82, 2.24) is 5.32 Å². The number of nitrogens with one attached hydrogen (secondary N) is 2. The summed E-state index contributed by atoms with van der Waals surface area (Å²) in [5.74, 6) is -0.746. The van der Waals surface area contributed by atoms with Crippen molar-refractivity contribution in [3.8, 4) is 0 Å². The highest BCUT2D eigenvalue weighted by Gasteiger charge is 2.38. The van der Waals surface area contributed by atoms with Crippen LogP contribution in [0.15, 0.2) is 23.2 Å². The van der Waals surface area contributed by atoms with E-state index in [9.17, 15) is 13.4 Å².